The molecule has 0 spiro atoms. The summed E-state index contributed by atoms with van der Waals surface area (Å²) in [4.78, 5) is 25.2. The van der Waals surface area contributed by atoms with Gasteiger partial charge in [-0.2, -0.15) is 5.26 Å². The van der Waals surface area contributed by atoms with Gasteiger partial charge in [0.15, 0.2) is 0 Å². The highest BCUT2D eigenvalue weighted by Gasteiger charge is 2.07. The molecular formula is C13H11N3O2. The van der Waals surface area contributed by atoms with E-state index in [9.17, 15) is 9.59 Å². The van der Waals surface area contributed by atoms with Crippen LogP contribution in [0.3, 0.4) is 0 Å². The minimum absolute atomic E-state index is 0.0884. The smallest absolute Gasteiger partial charge is 0.273 e. The van der Waals surface area contributed by atoms with Crippen LogP contribution in [0, 0.1) is 25.2 Å². The second-order valence-electron chi connectivity index (χ2n) is 4.07. The molecule has 5 nitrogen and oxygen atoms in total. The Morgan fingerprint density at radius 2 is 2.00 bits per heavy atom. The third-order valence-corrected chi connectivity index (χ3v) is 2.67. The fourth-order valence-corrected chi connectivity index (χ4v) is 1.81. The minimum atomic E-state index is -0.663. The Balaban J connectivity index is 2.76. The maximum Gasteiger partial charge on any atom is 0.332 e. The highest BCUT2D eigenvalue weighted by atomic mass is 16.2. The predicted octanol–water partition coefficient (Wildman–Crippen LogP) is 1.01. The van der Waals surface area contributed by atoms with Crippen LogP contribution in [0.25, 0.3) is 5.69 Å². The summed E-state index contributed by atoms with van der Waals surface area (Å²) in [6.07, 6.45) is 1.26. The van der Waals surface area contributed by atoms with Crippen molar-refractivity contribution in [3.63, 3.8) is 0 Å². The Bertz CT molecular complexity index is 763. The zero-order valence-electron chi connectivity index (χ0n) is 10.0. The molecule has 90 valence electrons. The Morgan fingerprint density at radius 1 is 1.28 bits per heavy atom. The van der Waals surface area contributed by atoms with E-state index >= 15 is 0 Å². The summed E-state index contributed by atoms with van der Waals surface area (Å²) in [5, 5.41) is 8.81. The maximum atomic E-state index is 11.7. The van der Waals surface area contributed by atoms with Gasteiger partial charge in [0.05, 0.1) is 5.69 Å². The van der Waals surface area contributed by atoms with Crippen LogP contribution in [0.1, 0.15) is 16.7 Å². The average molecular weight is 241 g/mol. The normalized spacial score (nSPS) is 10.1. The molecule has 0 saturated carbocycles. The van der Waals surface area contributed by atoms with Crippen molar-refractivity contribution in [2.45, 2.75) is 13.8 Å². The monoisotopic (exact) mass is 241 g/mol. The summed E-state index contributed by atoms with van der Waals surface area (Å²) >= 11 is 0. The zero-order valence-corrected chi connectivity index (χ0v) is 10.0. The summed E-state index contributed by atoms with van der Waals surface area (Å²) in [6, 6.07) is 7.34. The molecule has 2 aromatic rings. The molecule has 5 heteroatoms. The fourth-order valence-electron chi connectivity index (χ4n) is 1.81. The molecule has 18 heavy (non-hydrogen) atoms. The minimum Gasteiger partial charge on any atom is -0.273 e. The van der Waals surface area contributed by atoms with Gasteiger partial charge in [-0.3, -0.25) is 14.3 Å². The van der Waals surface area contributed by atoms with Gasteiger partial charge in [-0.15, -0.1) is 0 Å². The van der Waals surface area contributed by atoms with Crippen LogP contribution < -0.4 is 11.2 Å². The number of hydrogen-bond acceptors (Lipinski definition) is 3. The first-order valence-corrected chi connectivity index (χ1v) is 5.36. The second-order valence-corrected chi connectivity index (χ2v) is 4.07. The Kier molecular flexibility index (Phi) is 2.86. The molecule has 0 amide bonds. The lowest BCUT2D eigenvalue weighted by atomic mass is 10.1. The third kappa shape index (κ3) is 1.96. The molecule has 0 fully saturated rings. The van der Waals surface area contributed by atoms with Crippen molar-refractivity contribution in [3.8, 4) is 11.8 Å². The van der Waals surface area contributed by atoms with Crippen LogP contribution in [0.5, 0.6) is 0 Å². The SMILES string of the molecule is Cc1ccc(-n2cc(C#N)c(=O)[nH]c2=O)c(C)c1. The molecule has 0 saturated heterocycles. The van der Waals surface area contributed by atoms with Gasteiger partial charge in [0.1, 0.15) is 11.6 Å². The highest BCUT2D eigenvalue weighted by Crippen LogP contribution is 2.13. The number of hydrogen-bond donors (Lipinski definition) is 1. The Morgan fingerprint density at radius 3 is 2.61 bits per heavy atom. The van der Waals surface area contributed by atoms with Crippen LogP contribution in [0.4, 0.5) is 0 Å². The zero-order chi connectivity index (χ0) is 13.3. The number of aromatic nitrogens is 2. The van der Waals surface area contributed by atoms with Gasteiger partial charge < -0.3 is 0 Å². The topological polar surface area (TPSA) is 78.7 Å². The predicted molar refractivity (Wildman–Crippen MR) is 66.8 cm³/mol. The number of H-pyrrole nitrogens is 1. The van der Waals surface area contributed by atoms with E-state index in [1.807, 2.05) is 26.0 Å². The van der Waals surface area contributed by atoms with E-state index in [-0.39, 0.29) is 5.56 Å². The van der Waals surface area contributed by atoms with E-state index in [0.717, 1.165) is 11.1 Å². The van der Waals surface area contributed by atoms with Crippen LogP contribution >= 0.6 is 0 Å². The fraction of sp³-hybridized carbons (Fsp3) is 0.154. The van der Waals surface area contributed by atoms with Gasteiger partial charge in [0.2, 0.25) is 0 Å². The molecule has 2 rings (SSSR count). The Labute approximate surface area is 103 Å². The van der Waals surface area contributed by atoms with Crippen molar-refractivity contribution in [1.29, 1.82) is 5.26 Å². The lowest BCUT2D eigenvalue weighted by molar-refractivity contribution is 0.882. The number of nitriles is 1. The third-order valence-electron chi connectivity index (χ3n) is 2.67. The van der Waals surface area contributed by atoms with Crippen molar-refractivity contribution >= 4 is 0 Å². The first-order valence-electron chi connectivity index (χ1n) is 5.36. The highest BCUT2D eigenvalue weighted by molar-refractivity contribution is 5.43. The molecule has 1 aromatic heterocycles. The van der Waals surface area contributed by atoms with Crippen molar-refractivity contribution in [3.05, 3.63) is 61.9 Å². The van der Waals surface area contributed by atoms with E-state index in [0.29, 0.717) is 5.69 Å². The van der Waals surface area contributed by atoms with Gasteiger partial charge in [0.25, 0.3) is 5.56 Å². The quantitative estimate of drug-likeness (QED) is 0.809. The lowest BCUT2D eigenvalue weighted by Gasteiger charge is -2.09. The maximum absolute atomic E-state index is 11.7. The molecule has 1 aromatic carbocycles. The van der Waals surface area contributed by atoms with Gasteiger partial charge in [-0.05, 0) is 25.5 Å². The molecule has 0 aliphatic carbocycles. The van der Waals surface area contributed by atoms with E-state index in [4.69, 9.17) is 5.26 Å². The summed E-state index contributed by atoms with van der Waals surface area (Å²) in [5.74, 6) is 0. The van der Waals surface area contributed by atoms with Crippen molar-refractivity contribution < 1.29 is 0 Å². The van der Waals surface area contributed by atoms with Gasteiger partial charge in [-0.1, -0.05) is 17.7 Å². The average Bonchev–Trinajstić information content (AvgIpc) is 2.30. The van der Waals surface area contributed by atoms with Crippen LogP contribution in [-0.2, 0) is 0 Å². The molecular weight excluding hydrogens is 230 g/mol. The van der Waals surface area contributed by atoms with Crippen LogP contribution in [0.15, 0.2) is 34.0 Å². The molecule has 0 radical (unpaired) electrons. The van der Waals surface area contributed by atoms with E-state index in [1.165, 1.54) is 10.8 Å². The lowest BCUT2D eigenvalue weighted by Crippen LogP contribution is -2.30. The molecule has 1 N–H and O–H groups in total. The molecule has 1 heterocycles. The standard InChI is InChI=1S/C13H11N3O2/c1-8-3-4-11(9(2)5-8)16-7-10(6-14)12(17)15-13(16)18/h3-5,7H,1-2H3,(H,15,17,18). The van der Waals surface area contributed by atoms with Crippen LogP contribution in [-0.4, -0.2) is 9.55 Å². The number of aromatic amines is 1. The van der Waals surface area contributed by atoms with Crippen LogP contribution in [0.2, 0.25) is 0 Å². The van der Waals surface area contributed by atoms with Gasteiger partial charge in [-0.25, -0.2) is 4.79 Å². The first kappa shape index (κ1) is 11.9. The van der Waals surface area contributed by atoms with E-state index in [1.54, 1.807) is 12.1 Å². The van der Waals surface area contributed by atoms with E-state index in [2.05, 4.69) is 4.98 Å². The number of rotatable bonds is 1. The molecule has 0 aliphatic rings. The van der Waals surface area contributed by atoms with E-state index < -0.39 is 11.2 Å². The van der Waals surface area contributed by atoms with Gasteiger partial charge in [0, 0.05) is 6.20 Å². The summed E-state index contributed by atoms with van der Waals surface area (Å²) in [6.45, 7) is 3.82. The molecule has 0 atom stereocenters. The Hall–Kier alpha value is -2.61. The molecule has 0 aliphatic heterocycles. The molecule has 0 unspecified atom stereocenters. The molecule has 0 bridgehead atoms. The number of aryl methyl sites for hydroxylation is 2. The largest absolute Gasteiger partial charge is 0.332 e. The van der Waals surface area contributed by atoms with Crippen molar-refractivity contribution in [1.82, 2.24) is 9.55 Å². The number of nitrogens with zero attached hydrogens (tertiary/aromatic N) is 2. The number of benzene rings is 1. The van der Waals surface area contributed by atoms with Crippen molar-refractivity contribution in [2.75, 3.05) is 0 Å². The first-order chi connectivity index (χ1) is 8.52. The summed E-state index contributed by atoms with van der Waals surface area (Å²) in [5.41, 5.74) is 1.32. The second kappa shape index (κ2) is 4.34. The summed E-state index contributed by atoms with van der Waals surface area (Å²) in [7, 11) is 0. The number of nitrogens with one attached hydrogen (secondary N) is 1. The van der Waals surface area contributed by atoms with Gasteiger partial charge >= 0.3 is 5.69 Å². The summed E-state index contributed by atoms with van der Waals surface area (Å²) < 4.78 is 1.27. The van der Waals surface area contributed by atoms with Crippen molar-refractivity contribution in [2.24, 2.45) is 0 Å².